The van der Waals surface area contributed by atoms with Gasteiger partial charge in [0.05, 0.1) is 22.5 Å². The molecule has 0 spiro atoms. The number of aromatic amines is 1. The third kappa shape index (κ3) is 3.91. The third-order valence-corrected chi connectivity index (χ3v) is 7.03. The Hall–Kier alpha value is -2.31. The number of thiazole rings is 1. The van der Waals surface area contributed by atoms with E-state index in [1.807, 2.05) is 23.7 Å². The molecule has 5 rings (SSSR count). The van der Waals surface area contributed by atoms with E-state index in [-0.39, 0.29) is 5.56 Å². The molecule has 0 bridgehead atoms. The Labute approximate surface area is 174 Å². The van der Waals surface area contributed by atoms with Gasteiger partial charge in [0.25, 0.3) is 5.56 Å². The van der Waals surface area contributed by atoms with Crippen LogP contribution in [0.2, 0.25) is 0 Å². The van der Waals surface area contributed by atoms with Crippen LogP contribution < -0.4 is 5.56 Å². The van der Waals surface area contributed by atoms with E-state index in [1.165, 1.54) is 24.1 Å². The molecule has 1 fully saturated rings. The van der Waals surface area contributed by atoms with Crippen molar-refractivity contribution >= 4 is 11.3 Å². The molecule has 1 saturated carbocycles. The lowest BCUT2D eigenvalue weighted by atomic mass is 9.88. The maximum atomic E-state index is 12.8. The number of nitrogens with one attached hydrogen (secondary N) is 1. The molecular weight excluding hydrogens is 380 g/mol. The Kier molecular flexibility index (Phi) is 5.29. The van der Waals surface area contributed by atoms with Gasteiger partial charge >= 0.3 is 0 Å². The van der Waals surface area contributed by atoms with Crippen molar-refractivity contribution in [1.82, 2.24) is 19.9 Å². The van der Waals surface area contributed by atoms with Crippen LogP contribution in [0.4, 0.5) is 0 Å². The summed E-state index contributed by atoms with van der Waals surface area (Å²) >= 11 is 1.69. The molecule has 3 aromatic rings. The molecule has 150 valence electrons. The molecule has 1 aromatic carbocycles. The molecule has 3 heterocycles. The predicted octanol–water partition coefficient (Wildman–Crippen LogP) is 4.50. The van der Waals surface area contributed by atoms with Crippen LogP contribution in [0.25, 0.3) is 11.3 Å². The molecule has 6 heteroatoms. The van der Waals surface area contributed by atoms with E-state index < -0.39 is 0 Å². The third-order valence-electron chi connectivity index (χ3n) is 6.21. The quantitative estimate of drug-likeness (QED) is 0.693. The monoisotopic (exact) mass is 406 g/mol. The highest BCUT2D eigenvalue weighted by Crippen LogP contribution is 2.31. The Bertz CT molecular complexity index is 1040. The molecule has 2 aromatic heterocycles. The smallest absolute Gasteiger partial charge is 0.255 e. The molecule has 1 aliphatic heterocycles. The second kappa shape index (κ2) is 8.20. The first-order valence-electron chi connectivity index (χ1n) is 10.6. The molecule has 0 atom stereocenters. The molecule has 5 nitrogen and oxygen atoms in total. The van der Waals surface area contributed by atoms with Gasteiger partial charge in [0, 0.05) is 42.4 Å². The van der Waals surface area contributed by atoms with Crippen LogP contribution in [0.3, 0.4) is 0 Å². The topological polar surface area (TPSA) is 61.9 Å². The standard InChI is InChI=1S/C23H26N4OS/c28-23-18-13-27(14-20-21(24-15-29-20)16-7-3-1-4-8-16)12-11-19(18)25-22(26-23)17-9-5-2-6-10-17/h1,3-4,7-8,15,17H,2,5-6,9-14H2,(H,25,26,28). The van der Waals surface area contributed by atoms with Crippen molar-refractivity contribution in [3.63, 3.8) is 0 Å². The van der Waals surface area contributed by atoms with Crippen LogP contribution in [0.15, 0.2) is 40.6 Å². The maximum Gasteiger partial charge on any atom is 0.255 e. The number of benzene rings is 1. The largest absolute Gasteiger partial charge is 0.310 e. The summed E-state index contributed by atoms with van der Waals surface area (Å²) < 4.78 is 0. The van der Waals surface area contributed by atoms with E-state index in [2.05, 4.69) is 27.0 Å². The fourth-order valence-corrected chi connectivity index (χ4v) is 5.45. The van der Waals surface area contributed by atoms with E-state index >= 15 is 0 Å². The van der Waals surface area contributed by atoms with Gasteiger partial charge in [-0.05, 0) is 12.8 Å². The number of hydrogen-bond donors (Lipinski definition) is 1. The minimum absolute atomic E-state index is 0.0628. The fraction of sp³-hybridized carbons (Fsp3) is 0.435. The van der Waals surface area contributed by atoms with E-state index in [1.54, 1.807) is 11.3 Å². The molecule has 2 aliphatic rings. The van der Waals surface area contributed by atoms with Crippen LogP contribution in [-0.4, -0.2) is 26.4 Å². The minimum Gasteiger partial charge on any atom is -0.310 e. The van der Waals surface area contributed by atoms with Crippen molar-refractivity contribution in [3.05, 3.63) is 68.2 Å². The van der Waals surface area contributed by atoms with Gasteiger partial charge in [0.2, 0.25) is 0 Å². The molecule has 1 aliphatic carbocycles. The van der Waals surface area contributed by atoms with Crippen LogP contribution in [0.1, 0.15) is 60.0 Å². The van der Waals surface area contributed by atoms with E-state index in [0.29, 0.717) is 12.5 Å². The molecule has 29 heavy (non-hydrogen) atoms. The zero-order valence-electron chi connectivity index (χ0n) is 16.6. The van der Waals surface area contributed by atoms with Gasteiger partial charge in [-0.1, -0.05) is 49.6 Å². The van der Waals surface area contributed by atoms with Gasteiger partial charge in [-0.2, -0.15) is 0 Å². The summed E-state index contributed by atoms with van der Waals surface area (Å²) in [6.45, 7) is 2.41. The van der Waals surface area contributed by atoms with E-state index in [4.69, 9.17) is 4.98 Å². The number of fused-ring (bicyclic) bond motifs is 1. The van der Waals surface area contributed by atoms with Gasteiger partial charge < -0.3 is 4.98 Å². The van der Waals surface area contributed by atoms with Crippen LogP contribution in [0, 0.1) is 0 Å². The van der Waals surface area contributed by atoms with Crippen LogP contribution in [0.5, 0.6) is 0 Å². The lowest BCUT2D eigenvalue weighted by Crippen LogP contribution is -2.36. The van der Waals surface area contributed by atoms with Crippen LogP contribution in [-0.2, 0) is 19.5 Å². The second-order valence-electron chi connectivity index (χ2n) is 8.16. The van der Waals surface area contributed by atoms with Crippen LogP contribution >= 0.6 is 11.3 Å². The van der Waals surface area contributed by atoms with Gasteiger partial charge in [0.1, 0.15) is 5.82 Å². The molecule has 0 saturated heterocycles. The Morgan fingerprint density at radius 2 is 1.97 bits per heavy atom. The van der Waals surface area contributed by atoms with Crippen molar-refractivity contribution in [1.29, 1.82) is 0 Å². The summed E-state index contributed by atoms with van der Waals surface area (Å²) in [5.74, 6) is 1.36. The number of nitrogens with zero attached hydrogens (tertiary/aromatic N) is 3. The van der Waals surface area contributed by atoms with Crippen molar-refractivity contribution in [2.75, 3.05) is 6.54 Å². The van der Waals surface area contributed by atoms with Crippen molar-refractivity contribution in [2.24, 2.45) is 0 Å². The number of aromatic nitrogens is 3. The predicted molar refractivity (Wildman–Crippen MR) is 116 cm³/mol. The average Bonchev–Trinajstić information content (AvgIpc) is 3.23. The Morgan fingerprint density at radius 1 is 1.14 bits per heavy atom. The lowest BCUT2D eigenvalue weighted by molar-refractivity contribution is 0.243. The molecule has 0 amide bonds. The van der Waals surface area contributed by atoms with Crippen molar-refractivity contribution < 1.29 is 0 Å². The Morgan fingerprint density at radius 3 is 2.79 bits per heavy atom. The number of H-pyrrole nitrogens is 1. The van der Waals surface area contributed by atoms with E-state index in [0.717, 1.165) is 60.7 Å². The summed E-state index contributed by atoms with van der Waals surface area (Å²) in [7, 11) is 0. The number of hydrogen-bond acceptors (Lipinski definition) is 5. The highest BCUT2D eigenvalue weighted by molar-refractivity contribution is 7.10. The lowest BCUT2D eigenvalue weighted by Gasteiger charge is -2.28. The Balaban J connectivity index is 1.35. The van der Waals surface area contributed by atoms with Gasteiger partial charge in [0.15, 0.2) is 0 Å². The minimum atomic E-state index is 0.0628. The first kappa shape index (κ1) is 18.7. The van der Waals surface area contributed by atoms with Gasteiger partial charge in [-0.3, -0.25) is 9.69 Å². The summed E-state index contributed by atoms with van der Waals surface area (Å²) in [6, 6.07) is 10.3. The summed E-state index contributed by atoms with van der Waals surface area (Å²) in [4.78, 5) is 29.0. The van der Waals surface area contributed by atoms with Crippen molar-refractivity contribution in [3.8, 4) is 11.3 Å². The molecule has 1 N–H and O–H groups in total. The first-order valence-corrected chi connectivity index (χ1v) is 11.5. The van der Waals surface area contributed by atoms with E-state index in [9.17, 15) is 4.79 Å². The zero-order valence-corrected chi connectivity index (χ0v) is 17.4. The summed E-state index contributed by atoms with van der Waals surface area (Å²) in [6.07, 6.45) is 6.96. The van der Waals surface area contributed by atoms with Crippen molar-refractivity contribution in [2.45, 2.75) is 57.5 Å². The normalized spacial score (nSPS) is 17.9. The maximum absolute atomic E-state index is 12.8. The molecule has 0 unspecified atom stereocenters. The SMILES string of the molecule is O=c1[nH]c(C2CCCCC2)nc2c1CN(Cc1scnc1-c1ccccc1)CC2. The summed E-state index contributed by atoms with van der Waals surface area (Å²) in [5, 5.41) is 0. The van der Waals surface area contributed by atoms with Gasteiger partial charge in [-0.25, -0.2) is 9.97 Å². The molecular formula is C23H26N4OS. The fourth-order valence-electron chi connectivity index (χ4n) is 4.62. The molecule has 0 radical (unpaired) electrons. The highest BCUT2D eigenvalue weighted by atomic mass is 32.1. The second-order valence-corrected chi connectivity index (χ2v) is 9.10. The average molecular weight is 407 g/mol. The zero-order chi connectivity index (χ0) is 19.6. The highest BCUT2D eigenvalue weighted by Gasteiger charge is 2.25. The number of rotatable bonds is 4. The summed E-state index contributed by atoms with van der Waals surface area (Å²) in [5.41, 5.74) is 6.05. The van der Waals surface area contributed by atoms with Gasteiger partial charge in [-0.15, -0.1) is 11.3 Å². The first-order chi connectivity index (χ1) is 14.3.